The zero-order chi connectivity index (χ0) is 21.3. The van der Waals surface area contributed by atoms with Gasteiger partial charge in [0.05, 0.1) is 0 Å². The Balaban J connectivity index is 1.65. The minimum absolute atomic E-state index is 0.0601. The first-order valence-corrected chi connectivity index (χ1v) is 9.92. The second-order valence-corrected chi connectivity index (χ2v) is 7.39. The molecule has 0 saturated carbocycles. The molecule has 0 bridgehead atoms. The van der Waals surface area contributed by atoms with Crippen LogP contribution in [0.2, 0.25) is 0 Å². The van der Waals surface area contributed by atoms with Crippen LogP contribution < -0.4 is 0 Å². The highest BCUT2D eigenvalue weighted by Crippen LogP contribution is 2.32. The highest BCUT2D eigenvalue weighted by molar-refractivity contribution is 5.74. The molecule has 0 aliphatic heterocycles. The topological polar surface area (TPSA) is 0 Å². The van der Waals surface area contributed by atoms with Crippen LogP contribution in [0.4, 0.5) is 13.2 Å². The molecule has 150 valence electrons. The first-order chi connectivity index (χ1) is 14.5. The van der Waals surface area contributed by atoms with Crippen molar-refractivity contribution in [3.8, 4) is 33.4 Å². The Morgan fingerprint density at radius 2 is 1.10 bits per heavy atom. The Morgan fingerprint density at radius 1 is 0.567 bits per heavy atom. The Kier molecular flexibility index (Phi) is 5.45. The van der Waals surface area contributed by atoms with Gasteiger partial charge in [-0.2, -0.15) is 0 Å². The van der Waals surface area contributed by atoms with Gasteiger partial charge in [-0.15, -0.1) is 0 Å². The fourth-order valence-corrected chi connectivity index (χ4v) is 3.59. The number of aryl methyl sites for hydroxylation is 2. The third kappa shape index (κ3) is 3.76. The van der Waals surface area contributed by atoms with E-state index < -0.39 is 17.5 Å². The van der Waals surface area contributed by atoms with Crippen molar-refractivity contribution >= 4 is 0 Å². The average molecular weight is 402 g/mol. The lowest BCUT2D eigenvalue weighted by Crippen LogP contribution is -1.96. The third-order valence-electron chi connectivity index (χ3n) is 5.40. The molecule has 0 fully saturated rings. The fraction of sp³-hybridized carbons (Fsp3) is 0.111. The smallest absolute Gasteiger partial charge is 0.166 e. The summed E-state index contributed by atoms with van der Waals surface area (Å²) in [6.45, 7) is 3.80. The van der Waals surface area contributed by atoms with E-state index in [9.17, 15) is 13.2 Å². The Hall–Kier alpha value is -3.33. The van der Waals surface area contributed by atoms with Crippen LogP contribution in [0.5, 0.6) is 0 Å². The fourth-order valence-electron chi connectivity index (χ4n) is 3.59. The largest absolute Gasteiger partial charge is 0.206 e. The molecule has 0 nitrogen and oxygen atoms in total. The first-order valence-electron chi connectivity index (χ1n) is 9.92. The van der Waals surface area contributed by atoms with Crippen LogP contribution >= 0.6 is 0 Å². The van der Waals surface area contributed by atoms with Crippen molar-refractivity contribution in [1.29, 1.82) is 0 Å². The van der Waals surface area contributed by atoms with Gasteiger partial charge in [-0.25, -0.2) is 13.2 Å². The molecule has 30 heavy (non-hydrogen) atoms. The Bertz CT molecular complexity index is 1190. The number of hydrogen-bond donors (Lipinski definition) is 0. The summed E-state index contributed by atoms with van der Waals surface area (Å²) < 4.78 is 43.4. The summed E-state index contributed by atoms with van der Waals surface area (Å²) >= 11 is 0. The Morgan fingerprint density at radius 3 is 1.70 bits per heavy atom. The summed E-state index contributed by atoms with van der Waals surface area (Å²) in [5.74, 6) is -2.29. The molecule has 0 unspecified atom stereocenters. The van der Waals surface area contributed by atoms with Gasteiger partial charge >= 0.3 is 0 Å². The van der Waals surface area contributed by atoms with Crippen LogP contribution in [0.1, 0.15) is 18.1 Å². The molecule has 0 saturated heterocycles. The molecule has 4 rings (SSSR count). The molecule has 0 aliphatic carbocycles. The summed E-state index contributed by atoms with van der Waals surface area (Å²) in [6, 6.07) is 23.4. The summed E-state index contributed by atoms with van der Waals surface area (Å²) in [7, 11) is 0. The maximum atomic E-state index is 14.9. The maximum Gasteiger partial charge on any atom is 0.166 e. The van der Waals surface area contributed by atoms with Gasteiger partial charge in [0.2, 0.25) is 0 Å². The highest BCUT2D eigenvalue weighted by Gasteiger charge is 2.15. The van der Waals surface area contributed by atoms with Crippen molar-refractivity contribution < 1.29 is 13.2 Å². The zero-order valence-corrected chi connectivity index (χ0v) is 16.8. The van der Waals surface area contributed by atoms with Gasteiger partial charge in [-0.3, -0.25) is 0 Å². The van der Waals surface area contributed by atoms with Crippen LogP contribution in [0.25, 0.3) is 33.4 Å². The molecule has 0 aromatic heterocycles. The van der Waals surface area contributed by atoms with Gasteiger partial charge in [0.1, 0.15) is 5.82 Å². The van der Waals surface area contributed by atoms with Crippen molar-refractivity contribution in [3.63, 3.8) is 0 Å². The van der Waals surface area contributed by atoms with E-state index in [1.807, 2.05) is 31.2 Å². The van der Waals surface area contributed by atoms with Gasteiger partial charge < -0.3 is 0 Å². The second-order valence-electron chi connectivity index (χ2n) is 7.39. The summed E-state index contributed by atoms with van der Waals surface area (Å²) in [5, 5.41) is 0. The highest BCUT2D eigenvalue weighted by atomic mass is 19.2. The average Bonchev–Trinajstić information content (AvgIpc) is 2.76. The van der Waals surface area contributed by atoms with E-state index in [4.69, 9.17) is 0 Å². The lowest BCUT2D eigenvalue weighted by molar-refractivity contribution is 0.502. The molecule has 0 atom stereocenters. The van der Waals surface area contributed by atoms with Crippen LogP contribution in [0, 0.1) is 24.4 Å². The number of halogens is 3. The standard InChI is InChI=1S/C27H21F3/c1-3-18-12-15-24(27(30)26(18)29)22-13-14-23(25(28)16-22)21-10-8-20(9-11-21)19-6-4-17(2)5-7-19/h4-16H,3H2,1-2H3. The molecule has 0 spiro atoms. The second kappa shape index (κ2) is 8.19. The molecular weight excluding hydrogens is 381 g/mol. The molecule has 0 aliphatic rings. The zero-order valence-electron chi connectivity index (χ0n) is 16.8. The third-order valence-corrected chi connectivity index (χ3v) is 5.40. The predicted molar refractivity (Wildman–Crippen MR) is 117 cm³/mol. The van der Waals surface area contributed by atoms with E-state index in [1.165, 1.54) is 17.7 Å². The van der Waals surface area contributed by atoms with Crippen molar-refractivity contribution in [1.82, 2.24) is 0 Å². The van der Waals surface area contributed by atoms with Gasteiger partial charge in [0, 0.05) is 11.1 Å². The van der Waals surface area contributed by atoms with Crippen LogP contribution in [0.3, 0.4) is 0 Å². The molecule has 4 aromatic rings. The van der Waals surface area contributed by atoms with Crippen LogP contribution in [-0.4, -0.2) is 0 Å². The number of hydrogen-bond acceptors (Lipinski definition) is 0. The normalized spacial score (nSPS) is 11.0. The molecule has 3 heteroatoms. The van der Waals surface area contributed by atoms with E-state index in [0.29, 0.717) is 23.1 Å². The summed E-state index contributed by atoms with van der Waals surface area (Å²) in [6.07, 6.45) is 0.398. The molecule has 0 radical (unpaired) electrons. The minimum Gasteiger partial charge on any atom is -0.206 e. The van der Waals surface area contributed by atoms with Gasteiger partial charge in [0.15, 0.2) is 11.6 Å². The number of rotatable bonds is 4. The quantitative estimate of drug-likeness (QED) is 0.325. The van der Waals surface area contributed by atoms with E-state index in [1.54, 1.807) is 25.1 Å². The van der Waals surface area contributed by atoms with E-state index in [-0.39, 0.29) is 5.56 Å². The van der Waals surface area contributed by atoms with E-state index in [0.717, 1.165) is 16.7 Å². The number of benzene rings is 4. The molecule has 0 amide bonds. The summed E-state index contributed by atoms with van der Waals surface area (Å²) in [4.78, 5) is 0. The van der Waals surface area contributed by atoms with Crippen molar-refractivity contribution in [2.45, 2.75) is 20.3 Å². The molecule has 0 heterocycles. The monoisotopic (exact) mass is 402 g/mol. The van der Waals surface area contributed by atoms with Gasteiger partial charge in [0.25, 0.3) is 0 Å². The molecule has 4 aromatic carbocycles. The van der Waals surface area contributed by atoms with Gasteiger partial charge in [-0.1, -0.05) is 85.3 Å². The maximum absolute atomic E-state index is 14.9. The molecular formula is C27H21F3. The predicted octanol–water partition coefficient (Wildman–Crippen LogP) is 7.98. The summed E-state index contributed by atoms with van der Waals surface area (Å²) in [5.41, 5.74) is 5.15. The first kappa shape index (κ1) is 20.0. The minimum atomic E-state index is -0.941. The van der Waals surface area contributed by atoms with Crippen LogP contribution in [0.15, 0.2) is 78.9 Å². The SMILES string of the molecule is CCc1ccc(-c2ccc(-c3ccc(-c4ccc(C)cc4)cc3)c(F)c2)c(F)c1F. The van der Waals surface area contributed by atoms with Crippen molar-refractivity contribution in [2.75, 3.05) is 0 Å². The Labute approximate surface area is 174 Å². The van der Waals surface area contributed by atoms with Crippen molar-refractivity contribution in [2.24, 2.45) is 0 Å². The lowest BCUT2D eigenvalue weighted by atomic mass is 9.96. The van der Waals surface area contributed by atoms with Gasteiger partial charge in [-0.05, 0) is 47.2 Å². The lowest BCUT2D eigenvalue weighted by Gasteiger charge is -2.10. The van der Waals surface area contributed by atoms with E-state index >= 15 is 0 Å². The van der Waals surface area contributed by atoms with E-state index in [2.05, 4.69) is 24.3 Å². The molecule has 0 N–H and O–H groups in total. The van der Waals surface area contributed by atoms with Crippen molar-refractivity contribution in [3.05, 3.63) is 107 Å². The van der Waals surface area contributed by atoms with Crippen LogP contribution in [-0.2, 0) is 6.42 Å².